The molecule has 0 atom stereocenters. The molecule has 4 aliphatic rings. The molecule has 0 heterocycles. The van der Waals surface area contributed by atoms with Crippen molar-refractivity contribution in [2.75, 3.05) is 0 Å². The zero-order chi connectivity index (χ0) is 13.2. The van der Waals surface area contributed by atoms with E-state index in [1.165, 1.54) is 0 Å². The highest BCUT2D eigenvalue weighted by atomic mass is 32.2. The Labute approximate surface area is 106 Å². The third-order valence-corrected chi connectivity index (χ3v) is 5.99. The van der Waals surface area contributed by atoms with Crippen molar-refractivity contribution in [3.05, 3.63) is 0 Å². The van der Waals surface area contributed by atoms with Crippen molar-refractivity contribution in [2.24, 2.45) is 23.2 Å². The Morgan fingerprint density at radius 1 is 1.06 bits per heavy atom. The third kappa shape index (κ3) is 1.97. The van der Waals surface area contributed by atoms with E-state index in [1.54, 1.807) is 0 Å². The first-order valence-electron chi connectivity index (χ1n) is 6.52. The van der Waals surface area contributed by atoms with Gasteiger partial charge in [-0.1, -0.05) is 0 Å². The number of halogens is 2. The molecule has 0 aromatic rings. The lowest BCUT2D eigenvalue weighted by atomic mass is 9.49. The van der Waals surface area contributed by atoms with Gasteiger partial charge in [0.25, 0.3) is 0 Å². The molecule has 0 radical (unpaired) electrons. The minimum Gasteiger partial charge on any atom is -0.743 e. The summed E-state index contributed by atoms with van der Waals surface area (Å²) < 4.78 is 59.1. The van der Waals surface area contributed by atoms with Gasteiger partial charge in [-0.2, -0.15) is 8.78 Å². The fraction of sp³-hybridized carbons (Fsp3) is 1.00. The maximum absolute atomic E-state index is 13.5. The molecule has 6 heteroatoms. The molecule has 0 aromatic heterocycles. The van der Waals surface area contributed by atoms with Crippen molar-refractivity contribution in [2.45, 2.75) is 50.2 Å². The van der Waals surface area contributed by atoms with E-state index in [0.717, 1.165) is 19.3 Å². The van der Waals surface area contributed by atoms with Gasteiger partial charge in [0.2, 0.25) is 0 Å². The molecular weight excluding hydrogens is 262 g/mol. The van der Waals surface area contributed by atoms with Crippen LogP contribution in [0.5, 0.6) is 0 Å². The van der Waals surface area contributed by atoms with Gasteiger partial charge >= 0.3 is 5.25 Å². The second-order valence-electron chi connectivity index (χ2n) is 6.69. The van der Waals surface area contributed by atoms with Gasteiger partial charge in [-0.3, -0.25) is 0 Å². The lowest BCUT2D eigenvalue weighted by molar-refractivity contribution is -0.0935. The lowest BCUT2D eigenvalue weighted by Gasteiger charge is -2.57. The van der Waals surface area contributed by atoms with Gasteiger partial charge < -0.3 is 4.55 Å². The average Bonchev–Trinajstić information content (AvgIpc) is 2.10. The molecule has 0 spiro atoms. The van der Waals surface area contributed by atoms with E-state index in [2.05, 4.69) is 0 Å². The van der Waals surface area contributed by atoms with Gasteiger partial charge in [-0.15, -0.1) is 0 Å². The number of alkyl halides is 2. The fourth-order valence-corrected chi connectivity index (χ4v) is 5.51. The summed E-state index contributed by atoms with van der Waals surface area (Å²) in [7, 11) is -5.53. The van der Waals surface area contributed by atoms with Crippen molar-refractivity contribution in [3.63, 3.8) is 0 Å². The summed E-state index contributed by atoms with van der Waals surface area (Å²) in [6, 6.07) is 0. The monoisotopic (exact) mass is 279 g/mol. The summed E-state index contributed by atoms with van der Waals surface area (Å²) in [5, 5.41) is -4.10. The molecule has 104 valence electrons. The van der Waals surface area contributed by atoms with Gasteiger partial charge in [0.05, 0.1) is 0 Å². The molecule has 4 saturated carbocycles. The smallest absolute Gasteiger partial charge is 0.335 e. The van der Waals surface area contributed by atoms with E-state index in [1.807, 2.05) is 0 Å². The van der Waals surface area contributed by atoms with Gasteiger partial charge in [0.15, 0.2) is 10.1 Å². The zero-order valence-corrected chi connectivity index (χ0v) is 10.9. The Bertz CT molecular complexity index is 423. The summed E-state index contributed by atoms with van der Waals surface area (Å²) in [5.74, 6) is 1.42. The normalized spacial score (nSPS) is 43.4. The minimum atomic E-state index is -5.53. The predicted molar refractivity (Wildman–Crippen MR) is 59.9 cm³/mol. The summed E-state index contributed by atoms with van der Waals surface area (Å²) in [6.07, 6.45) is 4.62. The first kappa shape index (κ1) is 12.8. The summed E-state index contributed by atoms with van der Waals surface area (Å²) in [6.45, 7) is 0. The number of hydrogen-bond acceptors (Lipinski definition) is 3. The summed E-state index contributed by atoms with van der Waals surface area (Å²) in [4.78, 5) is 0. The third-order valence-electron chi connectivity index (χ3n) is 5.11. The van der Waals surface area contributed by atoms with Crippen LogP contribution in [0.25, 0.3) is 0 Å². The van der Waals surface area contributed by atoms with Gasteiger partial charge in [-0.25, -0.2) is 8.42 Å². The molecule has 18 heavy (non-hydrogen) atoms. The Balaban J connectivity index is 1.84. The van der Waals surface area contributed by atoms with Crippen molar-refractivity contribution >= 4 is 10.1 Å². The number of rotatable bonds is 3. The Morgan fingerprint density at radius 2 is 1.44 bits per heavy atom. The van der Waals surface area contributed by atoms with E-state index in [4.69, 9.17) is 0 Å². The van der Waals surface area contributed by atoms with E-state index in [-0.39, 0.29) is 0 Å². The first-order valence-corrected chi connectivity index (χ1v) is 7.93. The Kier molecular flexibility index (Phi) is 2.60. The van der Waals surface area contributed by atoms with E-state index in [0.29, 0.717) is 37.0 Å². The fourth-order valence-electron chi connectivity index (χ4n) is 5.03. The first-order chi connectivity index (χ1) is 8.19. The topological polar surface area (TPSA) is 57.2 Å². The van der Waals surface area contributed by atoms with Crippen LogP contribution in [0, 0.1) is 23.2 Å². The van der Waals surface area contributed by atoms with E-state index >= 15 is 0 Å². The molecule has 0 aromatic carbocycles. The van der Waals surface area contributed by atoms with E-state index < -0.39 is 27.2 Å². The quantitative estimate of drug-likeness (QED) is 0.746. The second-order valence-corrected chi connectivity index (χ2v) is 8.19. The van der Waals surface area contributed by atoms with Crippen molar-refractivity contribution in [3.8, 4) is 0 Å². The minimum absolute atomic E-state index is 0.474. The van der Waals surface area contributed by atoms with Crippen LogP contribution in [0.15, 0.2) is 0 Å². The van der Waals surface area contributed by atoms with Gasteiger partial charge in [0.1, 0.15) is 0 Å². The zero-order valence-electron chi connectivity index (χ0n) is 10.1. The molecule has 4 fully saturated rings. The number of hydrogen-bond donors (Lipinski definition) is 0. The molecule has 4 rings (SSSR count). The largest absolute Gasteiger partial charge is 0.743 e. The van der Waals surface area contributed by atoms with E-state index in [9.17, 15) is 21.8 Å². The van der Waals surface area contributed by atoms with Crippen molar-refractivity contribution in [1.29, 1.82) is 0 Å². The molecular formula is C12H17F2O3S-. The van der Waals surface area contributed by atoms with Crippen LogP contribution < -0.4 is 0 Å². The van der Waals surface area contributed by atoms with Crippen molar-refractivity contribution in [1.82, 2.24) is 0 Å². The molecule has 0 aliphatic heterocycles. The maximum atomic E-state index is 13.5. The molecule has 0 amide bonds. The summed E-state index contributed by atoms with van der Waals surface area (Å²) in [5.41, 5.74) is -0.588. The lowest BCUT2D eigenvalue weighted by Crippen LogP contribution is -2.49. The summed E-state index contributed by atoms with van der Waals surface area (Å²) >= 11 is 0. The highest BCUT2D eigenvalue weighted by molar-refractivity contribution is 7.86. The molecule has 0 unspecified atom stereocenters. The van der Waals surface area contributed by atoms with Crippen LogP contribution in [-0.4, -0.2) is 18.2 Å². The Morgan fingerprint density at radius 3 is 1.78 bits per heavy atom. The molecule has 0 N–H and O–H groups in total. The van der Waals surface area contributed by atoms with Crippen LogP contribution >= 0.6 is 0 Å². The molecule has 4 bridgehead atoms. The van der Waals surface area contributed by atoms with Gasteiger partial charge in [0, 0.05) is 6.42 Å². The second kappa shape index (κ2) is 3.66. The SMILES string of the molecule is O=S(=O)([O-])C(F)(F)CC12CC3CC(CC(C3)C1)C2. The van der Waals surface area contributed by atoms with Crippen molar-refractivity contribution < 1.29 is 21.8 Å². The molecule has 3 nitrogen and oxygen atoms in total. The predicted octanol–water partition coefficient (Wildman–Crippen LogP) is 2.73. The molecule has 0 saturated heterocycles. The Hall–Kier alpha value is -0.230. The standard InChI is InChI=1S/C12H18F2O3S/c13-12(14,18(15,16)17)7-11-4-8-1-9(5-11)3-10(2-8)6-11/h8-10H,1-7H2,(H,15,16,17)/p-1. The highest BCUT2D eigenvalue weighted by Crippen LogP contribution is 2.63. The van der Waals surface area contributed by atoms with Crippen LogP contribution in [0.4, 0.5) is 8.78 Å². The molecule has 4 aliphatic carbocycles. The van der Waals surface area contributed by atoms with Crippen LogP contribution in [-0.2, 0) is 10.1 Å². The van der Waals surface area contributed by atoms with Crippen LogP contribution in [0.2, 0.25) is 0 Å². The highest BCUT2D eigenvalue weighted by Gasteiger charge is 2.55. The van der Waals surface area contributed by atoms with Crippen LogP contribution in [0.1, 0.15) is 44.9 Å². The van der Waals surface area contributed by atoms with Gasteiger partial charge in [-0.05, 0) is 61.7 Å². The van der Waals surface area contributed by atoms with Crippen LogP contribution in [0.3, 0.4) is 0 Å². The maximum Gasteiger partial charge on any atom is 0.335 e. The average molecular weight is 279 g/mol.